The fraction of sp³-hybridized carbons (Fsp3) is 0.676. The Balaban J connectivity index is 1.49. The Morgan fingerprint density at radius 3 is 2.14 bits per heavy atom. The highest BCUT2D eigenvalue weighted by atomic mass is 16.3. The maximum atomic E-state index is 12.6. The number of fused-ring (bicyclic) bond motifs is 4. The summed E-state index contributed by atoms with van der Waals surface area (Å²) in [5, 5.41) is 19.9. The molecule has 0 heterocycles. The quantitative estimate of drug-likeness (QED) is 0.251. The molecule has 5 aliphatic carbocycles. The van der Waals surface area contributed by atoms with Crippen molar-refractivity contribution < 1.29 is 5.11 Å². The third-order valence-corrected chi connectivity index (χ3v) is 12.7. The molecule has 0 amide bonds. The van der Waals surface area contributed by atoms with Gasteiger partial charge in [-0.1, -0.05) is 43.2 Å². The van der Waals surface area contributed by atoms with Crippen LogP contribution in [0.4, 0.5) is 0 Å². The second kappa shape index (κ2) is 11.8. The highest BCUT2D eigenvalue weighted by Gasteiger charge is 2.60. The normalized spacial score (nSPS) is 32.3. The van der Waals surface area contributed by atoms with E-state index < -0.39 is 0 Å². The van der Waals surface area contributed by atoms with Crippen LogP contribution >= 0.6 is 0 Å². The smallest absolute Gasteiger partial charge is 0.124 e. The Bertz CT molecular complexity index is 1290. The lowest BCUT2D eigenvalue weighted by Crippen LogP contribution is -2.64. The van der Waals surface area contributed by atoms with Gasteiger partial charge in [-0.15, -0.1) is 0 Å². The van der Waals surface area contributed by atoms with E-state index in [2.05, 4.69) is 91.9 Å². The molecule has 0 radical (unpaired) electrons. The van der Waals surface area contributed by atoms with E-state index in [0.29, 0.717) is 17.8 Å². The summed E-state index contributed by atoms with van der Waals surface area (Å²) in [6.07, 6.45) is 13.6. The minimum atomic E-state index is -0.0716. The molecule has 43 heavy (non-hydrogen) atoms. The predicted octanol–water partition coefficient (Wildman–Crippen LogP) is 5.35. The molecule has 6 heteroatoms. The summed E-state index contributed by atoms with van der Waals surface area (Å²) in [4.78, 5) is 5.01. The third kappa shape index (κ3) is 5.15. The van der Waals surface area contributed by atoms with E-state index >= 15 is 0 Å². The van der Waals surface area contributed by atoms with E-state index in [1.165, 1.54) is 86.5 Å². The number of hydrogen-bond acceptors (Lipinski definition) is 6. The SMILES string of the molecule is Cc1c(C23CCCC(N(C)C)(C2)C3)cc(C(NCCNCCN)c2ccccc2)c(O)c1C12CCCC(N(C)C)(CC1)C2. The highest BCUT2D eigenvalue weighted by Crippen LogP contribution is 2.65. The second-order valence-corrected chi connectivity index (χ2v) is 15.2. The lowest BCUT2D eigenvalue weighted by Gasteiger charge is -2.64. The Kier molecular flexibility index (Phi) is 8.49. The van der Waals surface area contributed by atoms with Gasteiger partial charge in [0.15, 0.2) is 0 Å². The average Bonchev–Trinajstić information content (AvgIpc) is 3.26. The number of phenols is 1. The molecule has 7 rings (SSSR count). The number of hydrogen-bond donors (Lipinski definition) is 4. The number of nitrogens with one attached hydrogen (secondary N) is 2. The lowest BCUT2D eigenvalue weighted by molar-refractivity contribution is -0.0615. The van der Waals surface area contributed by atoms with Crippen molar-refractivity contribution in [2.75, 3.05) is 54.4 Å². The summed E-state index contributed by atoms with van der Waals surface area (Å²) in [6, 6.07) is 13.2. The molecule has 0 aromatic heterocycles. The molecule has 4 bridgehead atoms. The molecule has 5 fully saturated rings. The van der Waals surface area contributed by atoms with E-state index in [-0.39, 0.29) is 22.4 Å². The molecule has 0 spiro atoms. The molecule has 3 unspecified atom stereocenters. The van der Waals surface area contributed by atoms with Gasteiger partial charge in [0, 0.05) is 53.8 Å². The first-order valence-electron chi connectivity index (χ1n) is 17.0. The lowest BCUT2D eigenvalue weighted by atomic mass is 9.46. The van der Waals surface area contributed by atoms with Gasteiger partial charge in [-0.25, -0.2) is 0 Å². The molecular formula is C37H57N5O. The van der Waals surface area contributed by atoms with Crippen molar-refractivity contribution in [3.63, 3.8) is 0 Å². The molecule has 5 aliphatic rings. The van der Waals surface area contributed by atoms with Gasteiger partial charge >= 0.3 is 0 Å². The summed E-state index contributed by atoms with van der Waals surface area (Å²) in [7, 11) is 9.12. The van der Waals surface area contributed by atoms with Gasteiger partial charge in [-0.3, -0.25) is 0 Å². The Morgan fingerprint density at radius 1 is 0.814 bits per heavy atom. The number of aromatic hydroxyl groups is 1. The van der Waals surface area contributed by atoms with Gasteiger partial charge in [0.1, 0.15) is 5.75 Å². The highest BCUT2D eigenvalue weighted by molar-refractivity contribution is 5.59. The van der Waals surface area contributed by atoms with E-state index in [1.54, 1.807) is 0 Å². The standard InChI is InChI=1S/C37H57N5O/c1-27-30(35-14-10-16-37(25-35,26-35)42(4)5)23-29(32(28-11-7-6-8-12-28)40-22-21-39-20-19-38)33(43)31(27)34-13-9-15-36(24-34,18-17-34)41(2)3/h6-8,11-12,23,32,39-40,43H,9-10,13-22,24-26,38H2,1-5H3. The van der Waals surface area contributed by atoms with E-state index in [9.17, 15) is 5.11 Å². The van der Waals surface area contributed by atoms with Crippen LogP contribution in [0.2, 0.25) is 0 Å². The van der Waals surface area contributed by atoms with Crippen LogP contribution in [0.1, 0.15) is 104 Å². The van der Waals surface area contributed by atoms with E-state index in [4.69, 9.17) is 5.73 Å². The van der Waals surface area contributed by atoms with Crippen molar-refractivity contribution in [3.05, 3.63) is 64.2 Å². The maximum absolute atomic E-state index is 12.6. The number of nitrogens with zero attached hydrogens (tertiary/aromatic N) is 2. The zero-order chi connectivity index (χ0) is 30.5. The topological polar surface area (TPSA) is 76.8 Å². The number of rotatable bonds is 12. The first-order chi connectivity index (χ1) is 20.6. The van der Waals surface area contributed by atoms with Gasteiger partial charge in [-0.2, -0.15) is 0 Å². The zero-order valence-electron chi connectivity index (χ0n) is 27.6. The number of nitrogens with two attached hydrogens (primary N) is 1. The zero-order valence-corrected chi connectivity index (χ0v) is 27.6. The maximum Gasteiger partial charge on any atom is 0.124 e. The van der Waals surface area contributed by atoms with E-state index in [1.807, 2.05) is 0 Å². The number of benzene rings is 2. The molecular weight excluding hydrogens is 530 g/mol. The Labute approximate surface area is 260 Å². The Morgan fingerprint density at radius 2 is 1.47 bits per heavy atom. The summed E-state index contributed by atoms with van der Waals surface area (Å²) in [5.41, 5.74) is 13.1. The summed E-state index contributed by atoms with van der Waals surface area (Å²) in [6.45, 7) is 5.47. The largest absolute Gasteiger partial charge is 0.507 e. The molecule has 5 saturated carbocycles. The van der Waals surface area contributed by atoms with Crippen LogP contribution in [0.15, 0.2) is 36.4 Å². The summed E-state index contributed by atoms with van der Waals surface area (Å²) >= 11 is 0. The van der Waals surface area contributed by atoms with Crippen molar-refractivity contribution in [3.8, 4) is 5.75 Å². The van der Waals surface area contributed by atoms with Crippen LogP contribution in [0.5, 0.6) is 5.75 Å². The van der Waals surface area contributed by atoms with Gasteiger partial charge in [0.25, 0.3) is 0 Å². The minimum absolute atomic E-state index is 0.0407. The van der Waals surface area contributed by atoms with Crippen LogP contribution in [-0.2, 0) is 10.8 Å². The first-order valence-corrected chi connectivity index (χ1v) is 17.0. The van der Waals surface area contributed by atoms with Gasteiger partial charge in [0.05, 0.1) is 6.04 Å². The van der Waals surface area contributed by atoms with Crippen molar-refractivity contribution in [1.82, 2.24) is 20.4 Å². The predicted molar refractivity (Wildman–Crippen MR) is 178 cm³/mol. The molecule has 2 aromatic carbocycles. The molecule has 236 valence electrons. The fourth-order valence-corrected chi connectivity index (χ4v) is 10.4. The average molecular weight is 588 g/mol. The molecule has 6 nitrogen and oxygen atoms in total. The van der Waals surface area contributed by atoms with Gasteiger partial charge in [-0.05, 0) is 121 Å². The van der Waals surface area contributed by atoms with Crippen LogP contribution in [0.25, 0.3) is 0 Å². The van der Waals surface area contributed by atoms with Gasteiger partial charge < -0.3 is 31.3 Å². The van der Waals surface area contributed by atoms with Crippen molar-refractivity contribution in [2.24, 2.45) is 5.73 Å². The summed E-state index contributed by atoms with van der Waals surface area (Å²) < 4.78 is 0. The molecule has 0 aliphatic heterocycles. The third-order valence-electron chi connectivity index (χ3n) is 12.7. The summed E-state index contributed by atoms with van der Waals surface area (Å²) in [5.74, 6) is 0.555. The first kappa shape index (κ1) is 31.0. The van der Waals surface area contributed by atoms with Crippen LogP contribution < -0.4 is 16.4 Å². The molecule has 2 aromatic rings. The van der Waals surface area contributed by atoms with Crippen molar-refractivity contribution in [1.29, 1.82) is 0 Å². The number of phenolic OH excluding ortho intramolecular Hbond substituents is 1. The Hall–Kier alpha value is -1.96. The van der Waals surface area contributed by atoms with Crippen molar-refractivity contribution in [2.45, 2.75) is 106 Å². The van der Waals surface area contributed by atoms with Crippen molar-refractivity contribution >= 4 is 0 Å². The molecule has 5 N–H and O–H groups in total. The van der Waals surface area contributed by atoms with Gasteiger partial charge in [0.2, 0.25) is 0 Å². The second-order valence-electron chi connectivity index (χ2n) is 15.2. The van der Waals surface area contributed by atoms with Crippen LogP contribution in [0, 0.1) is 6.92 Å². The monoisotopic (exact) mass is 587 g/mol. The fourth-order valence-electron chi connectivity index (χ4n) is 10.4. The van der Waals surface area contributed by atoms with Crippen LogP contribution in [0.3, 0.4) is 0 Å². The van der Waals surface area contributed by atoms with E-state index in [0.717, 1.165) is 31.6 Å². The molecule has 0 saturated heterocycles. The molecule has 3 atom stereocenters. The van der Waals surface area contributed by atoms with Crippen LogP contribution in [-0.4, -0.2) is 80.4 Å². The minimum Gasteiger partial charge on any atom is -0.507 e.